The van der Waals surface area contributed by atoms with Gasteiger partial charge in [0.05, 0.1) is 16.7 Å². The monoisotopic (exact) mass is 357 g/mol. The van der Waals surface area contributed by atoms with Crippen LogP contribution in [0.25, 0.3) is 0 Å². The van der Waals surface area contributed by atoms with Gasteiger partial charge in [-0.1, -0.05) is 30.9 Å². The molecule has 110 valence electrons. The summed E-state index contributed by atoms with van der Waals surface area (Å²) in [5, 5.41) is 4.21. The Labute approximate surface area is 134 Å². The molecule has 20 heavy (non-hydrogen) atoms. The fourth-order valence-electron chi connectivity index (χ4n) is 3.44. The number of ether oxygens (including phenoxy) is 1. The molecule has 1 spiro atoms. The van der Waals surface area contributed by atoms with Gasteiger partial charge in [-0.2, -0.15) is 0 Å². The Morgan fingerprint density at radius 2 is 2.05 bits per heavy atom. The molecule has 1 unspecified atom stereocenters. The van der Waals surface area contributed by atoms with Gasteiger partial charge in [-0.15, -0.1) is 0 Å². The first-order valence-corrected chi connectivity index (χ1v) is 8.71. The topological polar surface area (TPSA) is 21.3 Å². The maximum absolute atomic E-state index is 6.37. The molecule has 1 aromatic carbocycles. The molecule has 1 atom stereocenters. The van der Waals surface area contributed by atoms with Crippen LogP contribution in [0, 0.1) is 0 Å². The zero-order chi connectivity index (χ0) is 14.0. The average Bonchev–Trinajstić information content (AvgIpc) is 2.84. The largest absolute Gasteiger partial charge is 0.382 e. The van der Waals surface area contributed by atoms with Crippen molar-refractivity contribution < 1.29 is 4.74 Å². The van der Waals surface area contributed by atoms with Crippen molar-refractivity contribution >= 4 is 33.2 Å². The first-order valence-electron chi connectivity index (χ1n) is 7.54. The third-order valence-electron chi connectivity index (χ3n) is 4.56. The molecular formula is C16H21BrClNO. The summed E-state index contributed by atoms with van der Waals surface area (Å²) >= 11 is 9.46. The summed E-state index contributed by atoms with van der Waals surface area (Å²) in [6.07, 6.45) is 9.35. The summed E-state index contributed by atoms with van der Waals surface area (Å²) < 4.78 is 7.30. The zero-order valence-electron chi connectivity index (χ0n) is 11.6. The number of benzene rings is 1. The third-order valence-corrected chi connectivity index (χ3v) is 5.77. The van der Waals surface area contributed by atoms with Gasteiger partial charge in [0, 0.05) is 16.7 Å². The lowest BCUT2D eigenvalue weighted by Crippen LogP contribution is -2.33. The summed E-state index contributed by atoms with van der Waals surface area (Å²) in [7, 11) is 0. The Hall–Kier alpha value is -0.250. The molecule has 0 bridgehead atoms. The van der Waals surface area contributed by atoms with Gasteiger partial charge in [0.1, 0.15) is 0 Å². The van der Waals surface area contributed by atoms with Crippen LogP contribution in [-0.4, -0.2) is 18.2 Å². The van der Waals surface area contributed by atoms with Gasteiger partial charge in [-0.05, 0) is 59.8 Å². The average molecular weight is 359 g/mol. The highest BCUT2D eigenvalue weighted by Crippen LogP contribution is 2.41. The summed E-state index contributed by atoms with van der Waals surface area (Å²) in [6, 6.07) is 5.94. The highest BCUT2D eigenvalue weighted by atomic mass is 79.9. The Balaban J connectivity index is 1.53. The number of anilines is 1. The molecule has 1 N–H and O–H groups in total. The Morgan fingerprint density at radius 1 is 1.25 bits per heavy atom. The van der Waals surface area contributed by atoms with E-state index in [0.717, 1.165) is 21.7 Å². The minimum absolute atomic E-state index is 0.213. The maximum Gasteiger partial charge on any atom is 0.0756 e. The predicted molar refractivity (Wildman–Crippen MR) is 87.6 cm³/mol. The van der Waals surface area contributed by atoms with Gasteiger partial charge < -0.3 is 10.1 Å². The lowest BCUT2D eigenvalue weighted by Gasteiger charge is -2.33. The molecule has 2 fully saturated rings. The van der Waals surface area contributed by atoms with Crippen molar-refractivity contribution in [1.82, 2.24) is 0 Å². The van der Waals surface area contributed by atoms with Gasteiger partial charge >= 0.3 is 0 Å². The Morgan fingerprint density at radius 3 is 2.80 bits per heavy atom. The second kappa shape index (κ2) is 6.25. The minimum Gasteiger partial charge on any atom is -0.382 e. The lowest BCUT2D eigenvalue weighted by molar-refractivity contribution is -0.0588. The summed E-state index contributed by atoms with van der Waals surface area (Å²) in [6.45, 7) is 0.885. The third kappa shape index (κ3) is 3.32. The maximum atomic E-state index is 6.37. The van der Waals surface area contributed by atoms with Crippen molar-refractivity contribution in [3.05, 3.63) is 27.7 Å². The van der Waals surface area contributed by atoms with Gasteiger partial charge in [-0.3, -0.25) is 0 Å². The zero-order valence-corrected chi connectivity index (χ0v) is 14.0. The fourth-order valence-corrected chi connectivity index (χ4v) is 3.94. The normalized spacial score (nSPS) is 25.0. The number of rotatable bonds is 3. The second-order valence-electron chi connectivity index (χ2n) is 6.03. The number of hydrogen-bond acceptors (Lipinski definition) is 2. The molecule has 1 saturated heterocycles. The van der Waals surface area contributed by atoms with Crippen molar-refractivity contribution in [3.63, 3.8) is 0 Å². The van der Waals surface area contributed by atoms with E-state index in [9.17, 15) is 0 Å². The van der Waals surface area contributed by atoms with Crippen LogP contribution in [0.5, 0.6) is 0 Å². The molecule has 1 saturated carbocycles. The quantitative estimate of drug-likeness (QED) is 0.781. The van der Waals surface area contributed by atoms with Crippen molar-refractivity contribution in [2.24, 2.45) is 0 Å². The molecule has 0 amide bonds. The number of hydrogen-bond donors (Lipinski definition) is 1. The van der Waals surface area contributed by atoms with Crippen LogP contribution in [0.3, 0.4) is 0 Å². The van der Waals surface area contributed by atoms with Crippen LogP contribution < -0.4 is 5.32 Å². The summed E-state index contributed by atoms with van der Waals surface area (Å²) in [4.78, 5) is 0. The van der Waals surface area contributed by atoms with Gasteiger partial charge in [0.25, 0.3) is 0 Å². The van der Waals surface area contributed by atoms with Gasteiger partial charge in [-0.25, -0.2) is 0 Å². The highest BCUT2D eigenvalue weighted by molar-refractivity contribution is 9.10. The van der Waals surface area contributed by atoms with E-state index in [-0.39, 0.29) is 5.60 Å². The van der Waals surface area contributed by atoms with Crippen LogP contribution in [0.2, 0.25) is 5.02 Å². The molecule has 1 aliphatic heterocycles. The number of nitrogens with one attached hydrogen (secondary N) is 1. The molecule has 0 radical (unpaired) electrons. The van der Waals surface area contributed by atoms with E-state index in [1.165, 1.54) is 44.9 Å². The van der Waals surface area contributed by atoms with E-state index in [1.807, 2.05) is 18.2 Å². The molecular weight excluding hydrogens is 338 g/mol. The summed E-state index contributed by atoms with van der Waals surface area (Å²) in [5.41, 5.74) is 1.31. The number of halogens is 2. The molecule has 2 nitrogen and oxygen atoms in total. The van der Waals surface area contributed by atoms with Crippen LogP contribution in [0.4, 0.5) is 5.69 Å². The van der Waals surface area contributed by atoms with Crippen molar-refractivity contribution in [1.29, 1.82) is 0 Å². The smallest absolute Gasteiger partial charge is 0.0756 e. The molecule has 2 aliphatic rings. The Bertz CT molecular complexity index is 474. The minimum atomic E-state index is 0.213. The van der Waals surface area contributed by atoms with E-state index in [0.29, 0.717) is 6.10 Å². The van der Waals surface area contributed by atoms with Crippen LogP contribution >= 0.6 is 27.5 Å². The van der Waals surface area contributed by atoms with Crippen LogP contribution in [0.1, 0.15) is 44.9 Å². The lowest BCUT2D eigenvalue weighted by atomic mass is 9.83. The molecule has 4 heteroatoms. The summed E-state index contributed by atoms with van der Waals surface area (Å²) in [5.74, 6) is 0. The predicted octanol–water partition coefficient (Wildman–Crippen LogP) is 5.40. The molecule has 3 rings (SSSR count). The molecule has 0 aromatic heterocycles. The first-order chi connectivity index (χ1) is 9.67. The van der Waals surface area contributed by atoms with E-state index in [4.69, 9.17) is 16.3 Å². The van der Waals surface area contributed by atoms with Crippen molar-refractivity contribution in [3.8, 4) is 0 Å². The van der Waals surface area contributed by atoms with Gasteiger partial charge in [0.2, 0.25) is 0 Å². The van der Waals surface area contributed by atoms with E-state index < -0.39 is 0 Å². The molecule has 1 heterocycles. The highest BCUT2D eigenvalue weighted by Gasteiger charge is 2.40. The standard InChI is InChI=1S/C16H21BrClNO/c17-14-10-12(4-5-15(14)18)19-11-13-6-9-16(20-13)7-2-1-3-8-16/h4-5,10,13,19H,1-3,6-9,11H2. The van der Waals surface area contributed by atoms with E-state index in [2.05, 4.69) is 21.2 Å². The molecule has 1 aliphatic carbocycles. The van der Waals surface area contributed by atoms with E-state index in [1.54, 1.807) is 0 Å². The van der Waals surface area contributed by atoms with Crippen molar-refractivity contribution in [2.75, 3.05) is 11.9 Å². The van der Waals surface area contributed by atoms with Crippen LogP contribution in [-0.2, 0) is 4.74 Å². The molecule has 1 aromatic rings. The van der Waals surface area contributed by atoms with Gasteiger partial charge in [0.15, 0.2) is 0 Å². The van der Waals surface area contributed by atoms with E-state index >= 15 is 0 Å². The fraction of sp³-hybridized carbons (Fsp3) is 0.625. The first kappa shape index (κ1) is 14.7. The Kier molecular flexibility index (Phi) is 4.58. The second-order valence-corrected chi connectivity index (χ2v) is 7.29. The SMILES string of the molecule is Clc1ccc(NCC2CCC3(CCCCC3)O2)cc1Br. The van der Waals surface area contributed by atoms with Crippen molar-refractivity contribution in [2.45, 2.75) is 56.7 Å². The van der Waals surface area contributed by atoms with Crippen LogP contribution in [0.15, 0.2) is 22.7 Å².